The van der Waals surface area contributed by atoms with Crippen LogP contribution in [0.25, 0.3) is 10.2 Å². The van der Waals surface area contributed by atoms with E-state index in [0.29, 0.717) is 17.4 Å². The molecule has 0 saturated carbocycles. The molecule has 30 heavy (non-hydrogen) atoms. The number of rotatable bonds is 5. The first-order chi connectivity index (χ1) is 14.5. The molecule has 0 bridgehead atoms. The van der Waals surface area contributed by atoms with Crippen LogP contribution in [0.5, 0.6) is 0 Å². The molecule has 0 amide bonds. The zero-order valence-electron chi connectivity index (χ0n) is 18.5. The van der Waals surface area contributed by atoms with Gasteiger partial charge in [0.2, 0.25) is 0 Å². The fourth-order valence-electron chi connectivity index (χ4n) is 5.59. The van der Waals surface area contributed by atoms with Gasteiger partial charge in [-0.1, -0.05) is 20.8 Å². The molecule has 2 fully saturated rings. The number of nitrogens with zero attached hydrogens (tertiary/aromatic N) is 6. The maximum Gasteiger partial charge on any atom is 0.140 e. The van der Waals surface area contributed by atoms with Gasteiger partial charge in [0.05, 0.1) is 11.6 Å². The van der Waals surface area contributed by atoms with Crippen LogP contribution in [0.4, 0.5) is 5.82 Å². The van der Waals surface area contributed by atoms with E-state index in [2.05, 4.69) is 59.1 Å². The molecule has 5 heterocycles. The molecule has 2 aliphatic rings. The first kappa shape index (κ1) is 19.9. The molecule has 2 saturated heterocycles. The van der Waals surface area contributed by atoms with Gasteiger partial charge in [-0.2, -0.15) is 5.10 Å². The highest BCUT2D eigenvalue weighted by Crippen LogP contribution is 2.45. The number of aryl methyl sites for hydroxylation is 2. The summed E-state index contributed by atoms with van der Waals surface area (Å²) >= 11 is 1.81. The Hall–Kier alpha value is -1.99. The van der Waals surface area contributed by atoms with Crippen molar-refractivity contribution in [3.63, 3.8) is 0 Å². The van der Waals surface area contributed by atoms with Gasteiger partial charge in [-0.25, -0.2) is 9.97 Å². The normalized spacial score (nSPS) is 23.4. The molecular formula is C23H32N6S. The first-order valence-corrected chi connectivity index (χ1v) is 12.0. The van der Waals surface area contributed by atoms with E-state index in [1.807, 2.05) is 23.1 Å². The van der Waals surface area contributed by atoms with Crippen molar-refractivity contribution < 1.29 is 0 Å². The Labute approximate surface area is 182 Å². The fraction of sp³-hybridized carbons (Fsp3) is 0.609. The molecule has 160 valence electrons. The maximum absolute atomic E-state index is 4.72. The van der Waals surface area contributed by atoms with Crippen LogP contribution in [0.1, 0.15) is 50.1 Å². The minimum atomic E-state index is 0.371. The van der Waals surface area contributed by atoms with Crippen LogP contribution in [0.3, 0.4) is 0 Å². The second-order valence-corrected chi connectivity index (χ2v) is 10.6. The fourth-order valence-corrected chi connectivity index (χ4v) is 6.52. The second-order valence-electron chi connectivity index (χ2n) is 9.51. The third-order valence-electron chi connectivity index (χ3n) is 7.00. The molecule has 0 N–H and O–H groups in total. The molecule has 6 nitrogen and oxygen atoms in total. The molecule has 0 unspecified atom stereocenters. The van der Waals surface area contributed by atoms with Gasteiger partial charge in [0.25, 0.3) is 0 Å². The largest absolute Gasteiger partial charge is 0.355 e. The molecule has 2 atom stereocenters. The average Bonchev–Trinajstić information content (AvgIpc) is 3.50. The van der Waals surface area contributed by atoms with E-state index in [9.17, 15) is 0 Å². The lowest BCUT2D eigenvalue weighted by Crippen LogP contribution is -2.34. The summed E-state index contributed by atoms with van der Waals surface area (Å²) in [4.78, 5) is 17.0. The minimum absolute atomic E-state index is 0.371. The van der Waals surface area contributed by atoms with Crippen LogP contribution in [0.2, 0.25) is 0 Å². The monoisotopic (exact) mass is 424 g/mol. The van der Waals surface area contributed by atoms with Gasteiger partial charge < -0.3 is 4.90 Å². The summed E-state index contributed by atoms with van der Waals surface area (Å²) in [7, 11) is 2.01. The van der Waals surface area contributed by atoms with Gasteiger partial charge in [0.15, 0.2) is 0 Å². The number of hydrogen-bond acceptors (Lipinski definition) is 6. The zero-order valence-corrected chi connectivity index (χ0v) is 19.3. The standard InChI is InChI=1S/C23H32N6S/c1-5-18-10-19-21(24-15-25-22(19)30-18)29-9-7-23(14-29)6-8-28(13-23)20(16(2)3)17-11-26-27(4)12-17/h10-12,15-16,20H,5-9,13-14H2,1-4H3/t20-,23-/m0/s1. The number of thiophene rings is 1. The van der Waals surface area contributed by atoms with Crippen molar-refractivity contribution in [2.24, 2.45) is 18.4 Å². The Balaban J connectivity index is 1.36. The molecule has 1 spiro atoms. The lowest BCUT2D eigenvalue weighted by molar-refractivity contribution is 0.170. The summed E-state index contributed by atoms with van der Waals surface area (Å²) in [5.74, 6) is 1.71. The summed E-state index contributed by atoms with van der Waals surface area (Å²) < 4.78 is 1.93. The molecule has 7 heteroatoms. The van der Waals surface area contributed by atoms with E-state index in [-0.39, 0.29) is 0 Å². The maximum atomic E-state index is 4.72. The van der Waals surface area contributed by atoms with E-state index in [0.717, 1.165) is 30.2 Å². The van der Waals surface area contributed by atoms with Crippen LogP contribution < -0.4 is 4.90 Å². The van der Waals surface area contributed by atoms with Crippen LogP contribution in [-0.4, -0.2) is 50.8 Å². The second kappa shape index (κ2) is 7.61. The van der Waals surface area contributed by atoms with Gasteiger partial charge in [-0.3, -0.25) is 9.58 Å². The quantitative estimate of drug-likeness (QED) is 0.612. The molecule has 0 radical (unpaired) electrons. The lowest BCUT2D eigenvalue weighted by atomic mass is 9.86. The Bertz CT molecular complexity index is 1040. The predicted molar refractivity (Wildman–Crippen MR) is 123 cm³/mol. The highest BCUT2D eigenvalue weighted by atomic mass is 32.1. The smallest absolute Gasteiger partial charge is 0.140 e. The SMILES string of the molecule is CCc1cc2c(N3CC[C@]4(CCN([C@H](c5cnn(C)c5)C(C)C)C4)C3)ncnc2s1. The third kappa shape index (κ3) is 3.42. The summed E-state index contributed by atoms with van der Waals surface area (Å²) in [6.45, 7) is 11.4. The van der Waals surface area contributed by atoms with Gasteiger partial charge in [0, 0.05) is 54.8 Å². The molecule has 0 aliphatic carbocycles. The molecule has 2 aliphatic heterocycles. The highest BCUT2D eigenvalue weighted by Gasteiger charge is 2.46. The number of aromatic nitrogens is 4. The number of anilines is 1. The van der Waals surface area contributed by atoms with Gasteiger partial charge in [-0.15, -0.1) is 11.3 Å². The Kier molecular flexibility index (Phi) is 5.06. The predicted octanol–water partition coefficient (Wildman–Crippen LogP) is 4.29. The highest BCUT2D eigenvalue weighted by molar-refractivity contribution is 7.18. The molecule has 0 aromatic carbocycles. The molecular weight excluding hydrogens is 392 g/mol. The van der Waals surface area contributed by atoms with E-state index in [1.165, 1.54) is 41.8 Å². The van der Waals surface area contributed by atoms with Gasteiger partial charge in [0.1, 0.15) is 17.0 Å². The zero-order chi connectivity index (χ0) is 20.9. The minimum Gasteiger partial charge on any atom is -0.355 e. The molecule has 3 aromatic heterocycles. The van der Waals surface area contributed by atoms with E-state index in [4.69, 9.17) is 4.98 Å². The third-order valence-corrected chi connectivity index (χ3v) is 8.19. The summed E-state index contributed by atoms with van der Waals surface area (Å²) in [5, 5.41) is 5.68. The number of hydrogen-bond donors (Lipinski definition) is 0. The summed E-state index contributed by atoms with van der Waals surface area (Å²) in [6, 6.07) is 2.75. The number of fused-ring (bicyclic) bond motifs is 1. The molecule has 5 rings (SSSR count). The Morgan fingerprint density at radius 2 is 2.00 bits per heavy atom. The van der Waals surface area contributed by atoms with Gasteiger partial charge in [-0.05, 0) is 37.8 Å². The van der Waals surface area contributed by atoms with Crippen LogP contribution in [0.15, 0.2) is 24.8 Å². The van der Waals surface area contributed by atoms with Crippen molar-refractivity contribution in [3.05, 3.63) is 35.2 Å². The molecule has 3 aromatic rings. The van der Waals surface area contributed by atoms with Crippen molar-refractivity contribution in [2.45, 2.75) is 46.1 Å². The first-order valence-electron chi connectivity index (χ1n) is 11.2. The van der Waals surface area contributed by atoms with Crippen molar-refractivity contribution in [3.8, 4) is 0 Å². The van der Waals surface area contributed by atoms with Crippen LogP contribution in [-0.2, 0) is 13.5 Å². The van der Waals surface area contributed by atoms with Crippen LogP contribution in [0, 0.1) is 11.3 Å². The Morgan fingerprint density at radius 1 is 1.17 bits per heavy atom. The van der Waals surface area contributed by atoms with Crippen LogP contribution >= 0.6 is 11.3 Å². The van der Waals surface area contributed by atoms with E-state index < -0.39 is 0 Å². The topological polar surface area (TPSA) is 50.1 Å². The number of likely N-dealkylation sites (tertiary alicyclic amines) is 1. The van der Waals surface area contributed by atoms with Gasteiger partial charge >= 0.3 is 0 Å². The van der Waals surface area contributed by atoms with E-state index in [1.54, 1.807) is 6.33 Å². The van der Waals surface area contributed by atoms with Crippen molar-refractivity contribution >= 4 is 27.4 Å². The average molecular weight is 425 g/mol. The van der Waals surface area contributed by atoms with Crippen molar-refractivity contribution in [1.82, 2.24) is 24.6 Å². The van der Waals surface area contributed by atoms with Crippen molar-refractivity contribution in [2.75, 3.05) is 31.1 Å². The van der Waals surface area contributed by atoms with E-state index >= 15 is 0 Å². The summed E-state index contributed by atoms with van der Waals surface area (Å²) in [6.07, 6.45) is 9.57. The lowest BCUT2D eigenvalue weighted by Gasteiger charge is -2.32. The summed E-state index contributed by atoms with van der Waals surface area (Å²) in [5.41, 5.74) is 1.72. The Morgan fingerprint density at radius 3 is 2.73 bits per heavy atom. The van der Waals surface area contributed by atoms with Crippen molar-refractivity contribution in [1.29, 1.82) is 0 Å².